The van der Waals surface area contributed by atoms with E-state index in [9.17, 15) is 4.79 Å². The van der Waals surface area contributed by atoms with Crippen LogP contribution in [0.5, 0.6) is 0 Å². The zero-order valence-electron chi connectivity index (χ0n) is 9.75. The summed E-state index contributed by atoms with van der Waals surface area (Å²) in [5.74, 6) is -0.246. The molecule has 1 rings (SSSR count). The zero-order valence-corrected chi connectivity index (χ0v) is 10.6. The van der Waals surface area contributed by atoms with Crippen molar-refractivity contribution in [3.8, 4) is 0 Å². The quantitative estimate of drug-likeness (QED) is 0.730. The first-order chi connectivity index (χ1) is 6.83. The predicted molar refractivity (Wildman–Crippen MR) is 65.5 cm³/mol. The molecule has 2 N–H and O–H groups in total. The number of likely N-dealkylation sites (tertiary alicyclic amines) is 1. The van der Waals surface area contributed by atoms with E-state index in [0.717, 1.165) is 19.5 Å². The highest BCUT2D eigenvalue weighted by atomic mass is 32.1. The van der Waals surface area contributed by atoms with Crippen LogP contribution in [-0.4, -0.2) is 28.9 Å². The van der Waals surface area contributed by atoms with Crippen LogP contribution in [0.1, 0.15) is 33.6 Å². The second kappa shape index (κ2) is 4.47. The number of nitrogens with two attached hydrogens (primary N) is 1. The molecule has 1 atom stereocenters. The van der Waals surface area contributed by atoms with Gasteiger partial charge in [0.2, 0.25) is 5.91 Å². The van der Waals surface area contributed by atoms with Crippen LogP contribution >= 0.6 is 12.2 Å². The number of hydrogen-bond acceptors (Lipinski definition) is 2. The third-order valence-electron chi connectivity index (χ3n) is 3.01. The average molecular weight is 228 g/mol. The second-order valence-corrected chi connectivity index (χ2v) is 5.62. The molecule has 3 nitrogen and oxygen atoms in total. The molecule has 0 spiro atoms. The average Bonchev–Trinajstić information content (AvgIpc) is 2.13. The molecule has 15 heavy (non-hydrogen) atoms. The number of thiocarbonyl (C=S) groups is 1. The smallest absolute Gasteiger partial charge is 0.232 e. The van der Waals surface area contributed by atoms with E-state index >= 15 is 0 Å². The molecule has 86 valence electrons. The Morgan fingerprint density at radius 2 is 2.13 bits per heavy atom. The number of nitrogens with zero attached hydrogens (tertiary/aromatic N) is 1. The van der Waals surface area contributed by atoms with Crippen molar-refractivity contribution in [1.82, 2.24) is 4.90 Å². The number of carbonyl (C=O) groups is 1. The van der Waals surface area contributed by atoms with Crippen LogP contribution in [0.4, 0.5) is 0 Å². The van der Waals surface area contributed by atoms with Crippen LogP contribution in [0.3, 0.4) is 0 Å². The van der Waals surface area contributed by atoms with Gasteiger partial charge in [0.25, 0.3) is 0 Å². The molecule has 0 aromatic heterocycles. The van der Waals surface area contributed by atoms with Gasteiger partial charge in [-0.05, 0) is 25.2 Å². The highest BCUT2D eigenvalue weighted by molar-refractivity contribution is 7.80. The van der Waals surface area contributed by atoms with E-state index in [-0.39, 0.29) is 17.2 Å². The van der Waals surface area contributed by atoms with Crippen LogP contribution in [0.25, 0.3) is 0 Å². The Morgan fingerprint density at radius 3 is 2.60 bits per heavy atom. The lowest BCUT2D eigenvalue weighted by molar-refractivity contribution is -0.135. The summed E-state index contributed by atoms with van der Waals surface area (Å²) >= 11 is 4.85. The van der Waals surface area contributed by atoms with Gasteiger partial charge in [-0.1, -0.05) is 26.1 Å². The van der Waals surface area contributed by atoms with E-state index in [1.54, 1.807) is 6.92 Å². The number of amides is 1. The second-order valence-electron chi connectivity index (χ2n) is 5.15. The van der Waals surface area contributed by atoms with Crippen molar-refractivity contribution in [2.45, 2.75) is 33.6 Å². The molecule has 0 aromatic rings. The van der Waals surface area contributed by atoms with Crippen molar-refractivity contribution in [3.63, 3.8) is 0 Å². The zero-order chi connectivity index (χ0) is 11.6. The van der Waals surface area contributed by atoms with Crippen molar-refractivity contribution in [3.05, 3.63) is 0 Å². The molecule has 0 aliphatic carbocycles. The van der Waals surface area contributed by atoms with Crippen molar-refractivity contribution >= 4 is 23.1 Å². The Hall–Kier alpha value is -0.640. The van der Waals surface area contributed by atoms with Gasteiger partial charge in [-0.2, -0.15) is 0 Å². The van der Waals surface area contributed by atoms with Crippen LogP contribution in [0, 0.1) is 11.3 Å². The Kier molecular flexibility index (Phi) is 3.71. The van der Waals surface area contributed by atoms with E-state index in [1.165, 1.54) is 6.42 Å². The molecule has 4 heteroatoms. The van der Waals surface area contributed by atoms with Gasteiger partial charge in [-0.25, -0.2) is 0 Å². The van der Waals surface area contributed by atoms with Crippen molar-refractivity contribution in [2.24, 2.45) is 17.1 Å². The molecule has 0 radical (unpaired) electrons. The van der Waals surface area contributed by atoms with Crippen LogP contribution < -0.4 is 5.73 Å². The SMILES string of the molecule is CC(C(=O)N1CCCC(C)(C)C1)C(N)=S. The summed E-state index contributed by atoms with van der Waals surface area (Å²) in [5.41, 5.74) is 5.72. The molecule has 1 heterocycles. The van der Waals surface area contributed by atoms with E-state index in [2.05, 4.69) is 13.8 Å². The molecule has 1 saturated heterocycles. The highest BCUT2D eigenvalue weighted by Crippen LogP contribution is 2.29. The number of hydrogen-bond donors (Lipinski definition) is 1. The molecule has 1 aliphatic rings. The molecule has 1 amide bonds. The summed E-state index contributed by atoms with van der Waals surface area (Å²) in [5, 5.41) is 0. The van der Waals surface area contributed by atoms with Crippen LogP contribution in [-0.2, 0) is 4.79 Å². The fourth-order valence-corrected chi connectivity index (χ4v) is 2.11. The number of rotatable bonds is 2. The lowest BCUT2D eigenvalue weighted by Gasteiger charge is -2.39. The Morgan fingerprint density at radius 1 is 1.53 bits per heavy atom. The first-order valence-electron chi connectivity index (χ1n) is 5.41. The van der Waals surface area contributed by atoms with Crippen molar-refractivity contribution in [1.29, 1.82) is 0 Å². The minimum Gasteiger partial charge on any atom is -0.393 e. The standard InChI is InChI=1S/C11H20N2OS/c1-8(9(12)15)10(14)13-6-4-5-11(2,3)7-13/h8H,4-7H2,1-3H3,(H2,12,15). The van der Waals surface area contributed by atoms with Gasteiger partial charge in [-0.15, -0.1) is 0 Å². The maximum absolute atomic E-state index is 12.0. The summed E-state index contributed by atoms with van der Waals surface area (Å²) in [6, 6.07) is 0. The van der Waals surface area contributed by atoms with Crippen molar-refractivity contribution in [2.75, 3.05) is 13.1 Å². The first kappa shape index (κ1) is 12.4. The highest BCUT2D eigenvalue weighted by Gasteiger charge is 2.31. The summed E-state index contributed by atoms with van der Waals surface area (Å²) in [7, 11) is 0. The topological polar surface area (TPSA) is 46.3 Å². The minimum absolute atomic E-state index is 0.0790. The number of carbonyl (C=O) groups excluding carboxylic acids is 1. The molecule has 1 unspecified atom stereocenters. The van der Waals surface area contributed by atoms with Crippen LogP contribution in [0.15, 0.2) is 0 Å². The summed E-state index contributed by atoms with van der Waals surface area (Å²) in [6.45, 7) is 7.83. The molecule has 1 aliphatic heterocycles. The maximum atomic E-state index is 12.0. The van der Waals surface area contributed by atoms with Gasteiger partial charge < -0.3 is 10.6 Å². The molecular weight excluding hydrogens is 208 g/mol. The Bertz CT molecular complexity index is 276. The Balaban J connectivity index is 2.64. The molecule has 0 bridgehead atoms. The van der Waals surface area contributed by atoms with E-state index in [0.29, 0.717) is 4.99 Å². The van der Waals surface area contributed by atoms with E-state index in [1.807, 2.05) is 4.90 Å². The fraction of sp³-hybridized carbons (Fsp3) is 0.818. The predicted octanol–water partition coefficient (Wildman–Crippen LogP) is 1.56. The van der Waals surface area contributed by atoms with Crippen molar-refractivity contribution < 1.29 is 4.79 Å². The van der Waals surface area contributed by atoms with Gasteiger partial charge in [0, 0.05) is 13.1 Å². The lowest BCUT2D eigenvalue weighted by Crippen LogP contribution is -2.47. The summed E-state index contributed by atoms with van der Waals surface area (Å²) in [4.78, 5) is 14.2. The Labute approximate surface area is 97.0 Å². The van der Waals surface area contributed by atoms with Gasteiger partial charge in [0.15, 0.2) is 0 Å². The van der Waals surface area contributed by atoms with E-state index in [4.69, 9.17) is 18.0 Å². The lowest BCUT2D eigenvalue weighted by atomic mass is 9.84. The van der Waals surface area contributed by atoms with Gasteiger partial charge in [-0.3, -0.25) is 4.79 Å². The van der Waals surface area contributed by atoms with Gasteiger partial charge in [0.05, 0.1) is 10.9 Å². The fourth-order valence-electron chi connectivity index (χ4n) is 2.01. The third kappa shape index (κ3) is 3.16. The summed E-state index contributed by atoms with van der Waals surface area (Å²) < 4.78 is 0. The monoisotopic (exact) mass is 228 g/mol. The third-order valence-corrected chi connectivity index (χ3v) is 3.36. The first-order valence-corrected chi connectivity index (χ1v) is 5.82. The largest absolute Gasteiger partial charge is 0.393 e. The molecule has 0 aromatic carbocycles. The molecule has 0 saturated carbocycles. The minimum atomic E-state index is -0.325. The normalized spacial score (nSPS) is 22.2. The molecule has 1 fully saturated rings. The summed E-state index contributed by atoms with van der Waals surface area (Å²) in [6.07, 6.45) is 2.25. The maximum Gasteiger partial charge on any atom is 0.232 e. The van der Waals surface area contributed by atoms with Crippen LogP contribution in [0.2, 0.25) is 0 Å². The molecular formula is C11H20N2OS. The van der Waals surface area contributed by atoms with Gasteiger partial charge in [0.1, 0.15) is 0 Å². The number of piperidine rings is 1. The van der Waals surface area contributed by atoms with E-state index < -0.39 is 0 Å². The van der Waals surface area contributed by atoms with Gasteiger partial charge >= 0.3 is 0 Å².